The van der Waals surface area contributed by atoms with Crippen molar-refractivity contribution in [2.45, 2.75) is 184 Å². The molecule has 61 heavy (non-hydrogen) atoms. The molecule has 0 amide bonds. The summed E-state index contributed by atoms with van der Waals surface area (Å²) < 4.78 is 11.6. The maximum absolute atomic E-state index is 10.1. The Bertz CT molecular complexity index is 1970. The molecule has 0 fully saturated rings. The van der Waals surface area contributed by atoms with Gasteiger partial charge in [-0.15, -0.1) is 6.58 Å². The molecule has 0 radical (unpaired) electrons. The first-order valence-corrected chi connectivity index (χ1v) is 23.0. The fourth-order valence-corrected chi connectivity index (χ4v) is 7.23. The fourth-order valence-electron chi connectivity index (χ4n) is 7.23. The second kappa shape index (κ2) is 24.9. The molecule has 1 aliphatic rings. The highest BCUT2D eigenvalue weighted by Crippen LogP contribution is 2.39. The van der Waals surface area contributed by atoms with E-state index in [0.29, 0.717) is 71.6 Å². The number of hydrogen-bond acceptors (Lipinski definition) is 4. The molecule has 0 aromatic heterocycles. The lowest BCUT2D eigenvalue weighted by Gasteiger charge is -2.16. The van der Waals surface area contributed by atoms with Gasteiger partial charge < -0.3 is 19.7 Å². The van der Waals surface area contributed by atoms with Crippen LogP contribution in [0.5, 0.6) is 23.0 Å². The number of hydrogen-bond donors (Lipinski definition) is 2. The lowest BCUT2D eigenvalue weighted by molar-refractivity contribution is 0.252. The van der Waals surface area contributed by atoms with E-state index in [-0.39, 0.29) is 0 Å². The number of ether oxygens (including phenoxy) is 2. The molecule has 2 N–H and O–H groups in total. The third kappa shape index (κ3) is 15.8. The average Bonchev–Trinajstić information content (AvgIpc) is 3.57. The second-order valence-corrected chi connectivity index (χ2v) is 19.3. The maximum atomic E-state index is 10.1. The first-order valence-electron chi connectivity index (χ1n) is 23.0. The molecule has 0 saturated heterocycles. The van der Waals surface area contributed by atoms with Gasteiger partial charge in [0.15, 0.2) is 0 Å². The van der Waals surface area contributed by atoms with E-state index < -0.39 is 0 Å². The number of phenolic OH excluding ortho intramolecular Hbond substituents is 2. The van der Waals surface area contributed by atoms with E-state index in [2.05, 4.69) is 179 Å². The molecule has 0 spiro atoms. The first-order chi connectivity index (χ1) is 28.5. The van der Waals surface area contributed by atoms with Crippen molar-refractivity contribution >= 4 is 0 Å². The summed E-state index contributed by atoms with van der Waals surface area (Å²) in [6.45, 7) is 45.0. The minimum Gasteiger partial charge on any atom is -0.508 e. The summed E-state index contributed by atoms with van der Waals surface area (Å²) in [4.78, 5) is 0. The number of aromatic hydroxyl groups is 2. The number of allylic oxidation sites excluding steroid dienone is 1. The number of rotatable bonds is 13. The Morgan fingerprint density at radius 3 is 1.49 bits per heavy atom. The first kappa shape index (κ1) is 52.7. The number of phenols is 2. The van der Waals surface area contributed by atoms with Crippen LogP contribution in [0.2, 0.25) is 0 Å². The third-order valence-corrected chi connectivity index (χ3v) is 11.2. The molecule has 1 unspecified atom stereocenters. The van der Waals surface area contributed by atoms with Crippen molar-refractivity contribution in [3.05, 3.63) is 142 Å². The molecular weight excluding hydrogens is 749 g/mol. The van der Waals surface area contributed by atoms with Gasteiger partial charge in [-0.25, -0.2) is 0 Å². The lowest BCUT2D eigenvalue weighted by atomic mass is 9.91. The monoisotopic (exact) mass is 833 g/mol. The van der Waals surface area contributed by atoms with Gasteiger partial charge in [0.25, 0.3) is 0 Å². The van der Waals surface area contributed by atoms with Gasteiger partial charge in [0.1, 0.15) is 35.7 Å². The molecule has 4 aromatic carbocycles. The summed E-state index contributed by atoms with van der Waals surface area (Å²) in [5.41, 5.74) is 12.6. The van der Waals surface area contributed by atoms with Crippen molar-refractivity contribution < 1.29 is 19.7 Å². The minimum atomic E-state index is 0.343. The lowest BCUT2D eigenvalue weighted by Crippen LogP contribution is -2.06. The Kier molecular flexibility index (Phi) is 21.5. The van der Waals surface area contributed by atoms with Crippen molar-refractivity contribution in [1.82, 2.24) is 0 Å². The van der Waals surface area contributed by atoms with E-state index in [0.717, 1.165) is 41.0 Å². The van der Waals surface area contributed by atoms with Crippen molar-refractivity contribution in [2.75, 3.05) is 6.61 Å². The fraction of sp³-hybridized carbons (Fsp3) is 0.509. The quantitative estimate of drug-likeness (QED) is 0.132. The normalized spacial score (nSPS) is 13.2. The molecule has 0 bridgehead atoms. The van der Waals surface area contributed by atoms with Crippen LogP contribution in [0.4, 0.5) is 0 Å². The molecular formula is C57H84O4. The summed E-state index contributed by atoms with van der Waals surface area (Å²) in [5, 5.41) is 19.7. The van der Waals surface area contributed by atoms with Crippen LogP contribution in [0.25, 0.3) is 0 Å². The second-order valence-electron chi connectivity index (χ2n) is 19.3. The van der Waals surface area contributed by atoms with Crippen molar-refractivity contribution in [2.24, 2.45) is 0 Å². The van der Waals surface area contributed by atoms with Gasteiger partial charge in [-0.05, 0) is 128 Å². The predicted molar refractivity (Wildman–Crippen MR) is 265 cm³/mol. The van der Waals surface area contributed by atoms with Crippen molar-refractivity contribution in [3.63, 3.8) is 0 Å². The Morgan fingerprint density at radius 1 is 0.557 bits per heavy atom. The van der Waals surface area contributed by atoms with Gasteiger partial charge in [0, 0.05) is 6.42 Å². The summed E-state index contributed by atoms with van der Waals surface area (Å²) >= 11 is 0. The Hall–Kier alpha value is -4.44. The molecule has 0 saturated carbocycles. The molecule has 1 aliphatic heterocycles. The topological polar surface area (TPSA) is 58.9 Å². The van der Waals surface area contributed by atoms with Gasteiger partial charge in [-0.3, -0.25) is 0 Å². The van der Waals surface area contributed by atoms with E-state index >= 15 is 0 Å². The van der Waals surface area contributed by atoms with E-state index in [1.807, 2.05) is 12.1 Å². The highest BCUT2D eigenvalue weighted by atomic mass is 16.5. The van der Waals surface area contributed by atoms with Crippen LogP contribution in [0.1, 0.15) is 221 Å². The van der Waals surface area contributed by atoms with Crippen LogP contribution in [0.3, 0.4) is 0 Å². The van der Waals surface area contributed by atoms with Crippen LogP contribution >= 0.6 is 0 Å². The van der Waals surface area contributed by atoms with Crippen LogP contribution in [0.15, 0.2) is 86.0 Å². The molecule has 1 atom stereocenters. The molecule has 1 heterocycles. The smallest absolute Gasteiger partial charge is 0.126 e. The summed E-state index contributed by atoms with van der Waals surface area (Å²) in [6.07, 6.45) is 5.75. The van der Waals surface area contributed by atoms with E-state index in [9.17, 15) is 10.2 Å². The molecule has 5 rings (SSSR count). The zero-order chi connectivity index (χ0) is 46.3. The molecule has 4 aromatic rings. The number of fused-ring (bicyclic) bond motifs is 1. The van der Waals surface area contributed by atoms with Crippen molar-refractivity contribution in [3.8, 4) is 23.0 Å². The van der Waals surface area contributed by atoms with E-state index in [4.69, 9.17) is 9.47 Å². The largest absolute Gasteiger partial charge is 0.508 e. The highest BCUT2D eigenvalue weighted by Gasteiger charge is 2.24. The van der Waals surface area contributed by atoms with E-state index in [1.54, 1.807) is 12.1 Å². The summed E-state index contributed by atoms with van der Waals surface area (Å²) in [6, 6.07) is 21.2. The van der Waals surface area contributed by atoms with Gasteiger partial charge in [0.2, 0.25) is 0 Å². The van der Waals surface area contributed by atoms with Crippen LogP contribution in [-0.2, 0) is 12.8 Å². The third-order valence-electron chi connectivity index (χ3n) is 11.2. The molecule has 4 nitrogen and oxygen atoms in total. The zero-order valence-corrected chi connectivity index (χ0v) is 41.4. The van der Waals surface area contributed by atoms with Gasteiger partial charge in [-0.2, -0.15) is 0 Å². The standard InChI is InChI=1S/3C15H22O.C12H18O/c1-9(2)12-7-13-6-11(5)16-15(13)14(8-12)10(3)4;1-6-9-16-15-8-7-13(11(2)3)10-14(15)12(4)5;1-6-7-12-8-13(10(2)3)9-14(11(4)5)15(12)16;1-8(2)10-5-6-12(13)11(7-10)9(3)4/h7-11H,6H2,1-5H3;6-8,10-12H,1,9H2,2-5H3;6,8-11,16H,1,7H2,2-5H3;5-9,13H,1-4H3. The highest BCUT2D eigenvalue weighted by molar-refractivity contribution is 5.50. The van der Waals surface area contributed by atoms with Gasteiger partial charge in [-0.1, -0.05) is 178 Å². The zero-order valence-electron chi connectivity index (χ0n) is 41.4. The van der Waals surface area contributed by atoms with Crippen LogP contribution in [0, 0.1) is 0 Å². The van der Waals surface area contributed by atoms with Gasteiger partial charge in [0.05, 0.1) is 0 Å². The van der Waals surface area contributed by atoms with Crippen LogP contribution in [-0.4, -0.2) is 22.9 Å². The molecule has 336 valence electrons. The Balaban J connectivity index is 0.000000281. The van der Waals surface area contributed by atoms with Gasteiger partial charge >= 0.3 is 0 Å². The minimum absolute atomic E-state index is 0.343. The van der Waals surface area contributed by atoms with E-state index in [1.165, 1.54) is 38.9 Å². The summed E-state index contributed by atoms with van der Waals surface area (Å²) in [5.74, 6) is 6.94. The Labute approximate surface area is 373 Å². The number of benzene rings is 4. The average molecular weight is 833 g/mol. The summed E-state index contributed by atoms with van der Waals surface area (Å²) in [7, 11) is 0. The van der Waals surface area contributed by atoms with Crippen molar-refractivity contribution in [1.29, 1.82) is 0 Å². The Morgan fingerprint density at radius 2 is 1.02 bits per heavy atom. The predicted octanol–water partition coefficient (Wildman–Crippen LogP) is 16.8. The maximum Gasteiger partial charge on any atom is 0.126 e. The van der Waals surface area contributed by atoms with Crippen LogP contribution < -0.4 is 9.47 Å². The SMILES string of the molecule is C=CCOc1ccc(C(C)C)cc1C(C)C.C=CCc1cc(C(C)C)cc(C(C)C)c1O.CC(C)c1ccc(O)c(C(C)C)c1.CC1Cc2cc(C(C)C)cc(C(C)C)c2O1. The molecule has 4 heteroatoms. The molecule has 0 aliphatic carbocycles.